The SMILES string of the molecule is CCOC(=O)C(CC(C)C)NC(=O)C(NC(=O)OC(C)(C)C)C(C)C. The van der Waals surface area contributed by atoms with Crippen molar-refractivity contribution in [3.05, 3.63) is 0 Å². The molecule has 2 amide bonds. The average Bonchev–Trinajstić information content (AvgIpc) is 2.41. The average molecular weight is 358 g/mol. The maximum absolute atomic E-state index is 12.6. The topological polar surface area (TPSA) is 93.7 Å². The monoisotopic (exact) mass is 358 g/mol. The van der Waals surface area contributed by atoms with Gasteiger partial charge in [0.15, 0.2) is 0 Å². The van der Waals surface area contributed by atoms with Crippen molar-refractivity contribution in [2.24, 2.45) is 11.8 Å². The molecule has 0 saturated heterocycles. The summed E-state index contributed by atoms with van der Waals surface area (Å²) >= 11 is 0. The molecule has 0 aromatic heterocycles. The first-order valence-corrected chi connectivity index (χ1v) is 8.83. The van der Waals surface area contributed by atoms with Crippen LogP contribution in [0.1, 0.15) is 61.8 Å². The molecule has 0 radical (unpaired) electrons. The number of alkyl carbamates (subject to hydrolysis) is 1. The number of carbonyl (C=O) groups excluding carboxylic acids is 3. The number of carbonyl (C=O) groups is 3. The Morgan fingerprint density at radius 3 is 1.96 bits per heavy atom. The molecule has 7 nitrogen and oxygen atoms in total. The number of esters is 1. The number of nitrogens with one attached hydrogen (secondary N) is 2. The van der Waals surface area contributed by atoms with Crippen LogP contribution >= 0.6 is 0 Å². The summed E-state index contributed by atoms with van der Waals surface area (Å²) in [5, 5.41) is 5.28. The van der Waals surface area contributed by atoms with Gasteiger partial charge in [0.05, 0.1) is 6.61 Å². The predicted octanol–water partition coefficient (Wildman–Crippen LogP) is 2.63. The molecule has 2 unspecified atom stereocenters. The molecule has 146 valence electrons. The second kappa shape index (κ2) is 10.3. The summed E-state index contributed by atoms with van der Waals surface area (Å²) in [7, 11) is 0. The molecule has 0 aromatic carbocycles. The Kier molecular flexibility index (Phi) is 9.52. The van der Waals surface area contributed by atoms with Gasteiger partial charge >= 0.3 is 12.1 Å². The van der Waals surface area contributed by atoms with Gasteiger partial charge in [0.1, 0.15) is 17.7 Å². The van der Waals surface area contributed by atoms with E-state index in [9.17, 15) is 14.4 Å². The fourth-order valence-corrected chi connectivity index (χ4v) is 2.16. The molecule has 0 saturated carbocycles. The standard InChI is InChI=1S/C18H34N2O5/c1-9-24-16(22)13(10-11(2)3)19-15(21)14(12(4)5)20-17(23)25-18(6,7)8/h11-14H,9-10H2,1-8H3,(H,19,21)(H,20,23). The number of hydrogen-bond acceptors (Lipinski definition) is 5. The molecule has 0 aromatic rings. The summed E-state index contributed by atoms with van der Waals surface area (Å²) in [6.07, 6.45) is -0.208. The Labute approximate surface area is 151 Å². The van der Waals surface area contributed by atoms with E-state index in [0.717, 1.165) is 0 Å². The predicted molar refractivity (Wildman–Crippen MR) is 96.0 cm³/mol. The Bertz CT molecular complexity index is 455. The lowest BCUT2D eigenvalue weighted by atomic mass is 10.0. The molecule has 7 heteroatoms. The molecular weight excluding hydrogens is 324 g/mol. The lowest BCUT2D eigenvalue weighted by molar-refractivity contribution is -0.148. The summed E-state index contributed by atoms with van der Waals surface area (Å²) in [4.78, 5) is 36.6. The van der Waals surface area contributed by atoms with Gasteiger partial charge in [-0.15, -0.1) is 0 Å². The summed E-state index contributed by atoms with van der Waals surface area (Å²) in [6.45, 7) is 14.7. The van der Waals surface area contributed by atoms with Gasteiger partial charge in [0.25, 0.3) is 0 Å². The van der Waals surface area contributed by atoms with Gasteiger partial charge < -0.3 is 20.1 Å². The third-order valence-corrected chi connectivity index (χ3v) is 3.22. The van der Waals surface area contributed by atoms with Crippen LogP contribution in [0.25, 0.3) is 0 Å². The normalized spacial score (nSPS) is 14.0. The lowest BCUT2D eigenvalue weighted by Crippen LogP contribution is -2.54. The van der Waals surface area contributed by atoms with Crippen LogP contribution in [0.5, 0.6) is 0 Å². The maximum Gasteiger partial charge on any atom is 0.408 e. The summed E-state index contributed by atoms with van der Waals surface area (Å²) in [5.41, 5.74) is -0.660. The largest absolute Gasteiger partial charge is 0.464 e. The highest BCUT2D eigenvalue weighted by Gasteiger charge is 2.31. The van der Waals surface area contributed by atoms with Gasteiger partial charge in [0.2, 0.25) is 5.91 Å². The van der Waals surface area contributed by atoms with Gasteiger partial charge in [0, 0.05) is 0 Å². The van der Waals surface area contributed by atoms with Crippen LogP contribution in [-0.2, 0) is 19.1 Å². The van der Waals surface area contributed by atoms with Crippen molar-refractivity contribution in [1.82, 2.24) is 10.6 Å². The molecule has 2 N–H and O–H groups in total. The fourth-order valence-electron chi connectivity index (χ4n) is 2.16. The van der Waals surface area contributed by atoms with Crippen LogP contribution in [-0.4, -0.2) is 42.3 Å². The second-order valence-corrected chi connectivity index (χ2v) is 7.81. The van der Waals surface area contributed by atoms with Gasteiger partial charge in [-0.05, 0) is 46.0 Å². The number of ether oxygens (including phenoxy) is 2. The van der Waals surface area contributed by atoms with E-state index in [1.807, 2.05) is 27.7 Å². The van der Waals surface area contributed by atoms with Crippen molar-refractivity contribution in [2.45, 2.75) is 79.5 Å². The molecule has 0 aliphatic rings. The first-order chi connectivity index (χ1) is 11.4. The maximum atomic E-state index is 12.6. The quantitative estimate of drug-likeness (QED) is 0.651. The number of rotatable bonds is 8. The van der Waals surface area contributed by atoms with Crippen molar-refractivity contribution >= 4 is 18.0 Å². The van der Waals surface area contributed by atoms with E-state index in [1.165, 1.54) is 0 Å². The van der Waals surface area contributed by atoms with E-state index >= 15 is 0 Å². The molecule has 0 aliphatic carbocycles. The summed E-state index contributed by atoms with van der Waals surface area (Å²) in [5.74, 6) is -0.871. The zero-order valence-electron chi connectivity index (χ0n) is 16.8. The van der Waals surface area contributed by atoms with Crippen LogP contribution in [0, 0.1) is 11.8 Å². The molecule has 0 spiro atoms. The minimum atomic E-state index is -0.807. The molecule has 0 fully saturated rings. The lowest BCUT2D eigenvalue weighted by Gasteiger charge is -2.27. The van der Waals surface area contributed by atoms with E-state index in [2.05, 4.69) is 10.6 Å². The smallest absolute Gasteiger partial charge is 0.408 e. The molecule has 0 bridgehead atoms. The molecule has 25 heavy (non-hydrogen) atoms. The summed E-state index contributed by atoms with van der Waals surface area (Å²) in [6, 6.07) is -1.55. The van der Waals surface area contributed by atoms with Crippen molar-refractivity contribution in [2.75, 3.05) is 6.61 Å². The Balaban J connectivity index is 5.05. The molecule has 0 heterocycles. The first-order valence-electron chi connectivity index (χ1n) is 8.83. The van der Waals surface area contributed by atoms with E-state index in [4.69, 9.17) is 9.47 Å². The third-order valence-electron chi connectivity index (χ3n) is 3.22. The molecule has 2 atom stereocenters. The van der Waals surface area contributed by atoms with Crippen molar-refractivity contribution in [3.8, 4) is 0 Å². The van der Waals surface area contributed by atoms with E-state index in [0.29, 0.717) is 6.42 Å². The van der Waals surface area contributed by atoms with E-state index < -0.39 is 35.7 Å². The molecule has 0 rings (SSSR count). The fraction of sp³-hybridized carbons (Fsp3) is 0.833. The molecule has 0 aliphatic heterocycles. The van der Waals surface area contributed by atoms with Crippen molar-refractivity contribution in [3.63, 3.8) is 0 Å². The van der Waals surface area contributed by atoms with Crippen LogP contribution in [0.2, 0.25) is 0 Å². The van der Waals surface area contributed by atoms with Gasteiger partial charge in [-0.1, -0.05) is 27.7 Å². The van der Waals surface area contributed by atoms with Crippen LogP contribution in [0.15, 0.2) is 0 Å². The van der Waals surface area contributed by atoms with Crippen molar-refractivity contribution < 1.29 is 23.9 Å². The zero-order chi connectivity index (χ0) is 19.8. The zero-order valence-corrected chi connectivity index (χ0v) is 16.8. The van der Waals surface area contributed by atoms with Crippen molar-refractivity contribution in [1.29, 1.82) is 0 Å². The third kappa shape index (κ3) is 9.94. The first kappa shape index (κ1) is 23.2. The van der Waals surface area contributed by atoms with Crippen LogP contribution in [0.3, 0.4) is 0 Å². The minimum absolute atomic E-state index is 0.172. The number of amides is 2. The highest BCUT2D eigenvalue weighted by atomic mass is 16.6. The van der Waals surface area contributed by atoms with Crippen LogP contribution in [0.4, 0.5) is 4.79 Å². The van der Waals surface area contributed by atoms with Gasteiger partial charge in [-0.3, -0.25) is 4.79 Å². The van der Waals surface area contributed by atoms with E-state index in [-0.39, 0.29) is 18.4 Å². The highest BCUT2D eigenvalue weighted by molar-refractivity contribution is 5.89. The Morgan fingerprint density at radius 1 is 1.00 bits per heavy atom. The van der Waals surface area contributed by atoms with Crippen LogP contribution < -0.4 is 10.6 Å². The second-order valence-electron chi connectivity index (χ2n) is 7.81. The van der Waals surface area contributed by atoms with Gasteiger partial charge in [-0.25, -0.2) is 9.59 Å². The van der Waals surface area contributed by atoms with E-state index in [1.54, 1.807) is 27.7 Å². The Morgan fingerprint density at radius 2 is 1.56 bits per heavy atom. The molecular formula is C18H34N2O5. The number of hydrogen-bond donors (Lipinski definition) is 2. The summed E-state index contributed by atoms with van der Waals surface area (Å²) < 4.78 is 10.2. The highest BCUT2D eigenvalue weighted by Crippen LogP contribution is 2.11. The Hall–Kier alpha value is -1.79. The van der Waals surface area contributed by atoms with Gasteiger partial charge in [-0.2, -0.15) is 0 Å². The minimum Gasteiger partial charge on any atom is -0.464 e.